The van der Waals surface area contributed by atoms with Gasteiger partial charge in [-0.15, -0.1) is 0 Å². The van der Waals surface area contributed by atoms with Gasteiger partial charge in [-0.2, -0.15) is 0 Å². The molecule has 9 heavy (non-hydrogen) atoms. The zero-order valence-electron chi connectivity index (χ0n) is 5.40. The molecule has 3 unspecified atom stereocenters. The maximum Gasteiger partial charge on any atom is 0.125 e. The SMILES string of the molecule is CC1CCC(F)C(Br)N1. The number of piperidine rings is 1. The van der Waals surface area contributed by atoms with Gasteiger partial charge in [0.1, 0.15) is 6.17 Å². The molecule has 1 nitrogen and oxygen atoms in total. The third kappa shape index (κ3) is 1.90. The molecule has 0 aliphatic carbocycles. The Kier molecular flexibility index (Phi) is 2.47. The highest BCUT2D eigenvalue weighted by Gasteiger charge is 2.24. The van der Waals surface area contributed by atoms with Crippen LogP contribution in [-0.4, -0.2) is 17.2 Å². The van der Waals surface area contributed by atoms with Crippen LogP contribution in [0, 0.1) is 0 Å². The Labute approximate surface area is 63.1 Å². The molecule has 0 amide bonds. The van der Waals surface area contributed by atoms with E-state index in [1.165, 1.54) is 0 Å². The number of hydrogen-bond donors (Lipinski definition) is 1. The van der Waals surface area contributed by atoms with Crippen molar-refractivity contribution in [1.29, 1.82) is 0 Å². The van der Waals surface area contributed by atoms with E-state index in [1.807, 2.05) is 0 Å². The van der Waals surface area contributed by atoms with E-state index in [1.54, 1.807) is 0 Å². The summed E-state index contributed by atoms with van der Waals surface area (Å²) in [4.78, 5) is -0.124. The number of nitrogens with one attached hydrogen (secondary N) is 1. The van der Waals surface area contributed by atoms with Crippen LogP contribution in [0.5, 0.6) is 0 Å². The summed E-state index contributed by atoms with van der Waals surface area (Å²) in [7, 11) is 0. The third-order valence-electron chi connectivity index (χ3n) is 1.64. The third-order valence-corrected chi connectivity index (χ3v) is 2.47. The molecule has 1 N–H and O–H groups in total. The van der Waals surface area contributed by atoms with Crippen LogP contribution in [0.3, 0.4) is 0 Å². The van der Waals surface area contributed by atoms with Crippen LogP contribution >= 0.6 is 15.9 Å². The van der Waals surface area contributed by atoms with Crippen LogP contribution in [-0.2, 0) is 0 Å². The van der Waals surface area contributed by atoms with Crippen LogP contribution in [0.1, 0.15) is 19.8 Å². The molecule has 1 aliphatic heterocycles. The molecule has 3 atom stereocenters. The lowest BCUT2D eigenvalue weighted by Crippen LogP contribution is -2.43. The predicted molar refractivity (Wildman–Crippen MR) is 39.4 cm³/mol. The summed E-state index contributed by atoms with van der Waals surface area (Å²) in [6, 6.07) is 0.460. The monoisotopic (exact) mass is 195 g/mol. The van der Waals surface area contributed by atoms with Gasteiger partial charge in [0, 0.05) is 6.04 Å². The molecule has 0 radical (unpaired) electrons. The quantitative estimate of drug-likeness (QED) is 0.460. The van der Waals surface area contributed by atoms with Crippen molar-refractivity contribution in [1.82, 2.24) is 5.32 Å². The summed E-state index contributed by atoms with van der Waals surface area (Å²) < 4.78 is 12.6. The molecule has 0 spiro atoms. The van der Waals surface area contributed by atoms with Crippen molar-refractivity contribution >= 4 is 15.9 Å². The normalized spacial score (nSPS) is 45.0. The minimum absolute atomic E-state index is 0.124. The first-order valence-electron chi connectivity index (χ1n) is 3.24. The molecular weight excluding hydrogens is 185 g/mol. The summed E-state index contributed by atoms with van der Waals surface area (Å²) >= 11 is 3.21. The van der Waals surface area contributed by atoms with Crippen LogP contribution in [0.15, 0.2) is 0 Å². The van der Waals surface area contributed by atoms with E-state index < -0.39 is 6.17 Å². The van der Waals surface area contributed by atoms with E-state index in [0.717, 1.165) is 6.42 Å². The van der Waals surface area contributed by atoms with Gasteiger partial charge in [-0.1, -0.05) is 15.9 Å². The summed E-state index contributed by atoms with van der Waals surface area (Å²) in [5.41, 5.74) is 0. The topological polar surface area (TPSA) is 12.0 Å². The Bertz CT molecular complexity index is 99.1. The van der Waals surface area contributed by atoms with Gasteiger partial charge in [-0.25, -0.2) is 4.39 Å². The Morgan fingerprint density at radius 1 is 1.56 bits per heavy atom. The molecule has 0 aromatic rings. The van der Waals surface area contributed by atoms with E-state index in [-0.39, 0.29) is 4.95 Å². The van der Waals surface area contributed by atoms with Crippen LogP contribution < -0.4 is 5.32 Å². The fourth-order valence-electron chi connectivity index (χ4n) is 1.02. The summed E-state index contributed by atoms with van der Waals surface area (Å²) in [5, 5.41) is 3.07. The van der Waals surface area contributed by atoms with Crippen LogP contribution in [0.4, 0.5) is 4.39 Å². The molecule has 0 aromatic heterocycles. The summed E-state index contributed by atoms with van der Waals surface area (Å²) in [6.07, 6.45) is 0.925. The van der Waals surface area contributed by atoms with E-state index >= 15 is 0 Å². The Morgan fingerprint density at radius 3 is 2.67 bits per heavy atom. The van der Waals surface area contributed by atoms with Gasteiger partial charge < -0.3 is 0 Å². The molecular formula is C6H11BrFN. The smallest absolute Gasteiger partial charge is 0.125 e. The minimum Gasteiger partial charge on any atom is -0.300 e. The molecule has 1 saturated heterocycles. The Balaban J connectivity index is 2.35. The van der Waals surface area contributed by atoms with Crippen molar-refractivity contribution in [3.63, 3.8) is 0 Å². The molecule has 54 valence electrons. The fourth-order valence-corrected chi connectivity index (χ4v) is 1.73. The lowest BCUT2D eigenvalue weighted by molar-refractivity contribution is 0.225. The number of alkyl halides is 2. The lowest BCUT2D eigenvalue weighted by Gasteiger charge is -2.27. The average molecular weight is 196 g/mol. The van der Waals surface area contributed by atoms with Crippen molar-refractivity contribution in [2.75, 3.05) is 0 Å². The molecule has 1 heterocycles. The number of rotatable bonds is 0. The second kappa shape index (κ2) is 2.97. The molecule has 1 fully saturated rings. The molecule has 0 aromatic carbocycles. The van der Waals surface area contributed by atoms with Gasteiger partial charge in [0.15, 0.2) is 0 Å². The number of hydrogen-bond acceptors (Lipinski definition) is 1. The first kappa shape index (κ1) is 7.48. The maximum absolute atomic E-state index is 12.6. The van der Waals surface area contributed by atoms with Gasteiger partial charge in [0.05, 0.1) is 4.95 Å². The van der Waals surface area contributed by atoms with Gasteiger partial charge in [-0.3, -0.25) is 5.32 Å². The van der Waals surface area contributed by atoms with Crippen molar-refractivity contribution in [2.45, 2.75) is 36.9 Å². The van der Waals surface area contributed by atoms with E-state index in [4.69, 9.17) is 0 Å². The predicted octanol–water partition coefficient (Wildman–Crippen LogP) is 1.82. The number of halogens is 2. The van der Waals surface area contributed by atoms with Crippen LogP contribution in [0.2, 0.25) is 0 Å². The largest absolute Gasteiger partial charge is 0.300 e. The second-order valence-electron chi connectivity index (χ2n) is 2.56. The van der Waals surface area contributed by atoms with Crippen molar-refractivity contribution < 1.29 is 4.39 Å². The average Bonchev–Trinajstić information content (AvgIpc) is 1.80. The first-order valence-corrected chi connectivity index (χ1v) is 4.16. The minimum atomic E-state index is -0.707. The molecule has 0 bridgehead atoms. The van der Waals surface area contributed by atoms with Crippen molar-refractivity contribution in [3.05, 3.63) is 0 Å². The Hall–Kier alpha value is 0.370. The van der Waals surface area contributed by atoms with Crippen molar-refractivity contribution in [2.24, 2.45) is 0 Å². The van der Waals surface area contributed by atoms with E-state index in [2.05, 4.69) is 28.2 Å². The van der Waals surface area contributed by atoms with Gasteiger partial charge in [0.2, 0.25) is 0 Å². The Morgan fingerprint density at radius 2 is 2.22 bits per heavy atom. The van der Waals surface area contributed by atoms with Crippen LogP contribution in [0.25, 0.3) is 0 Å². The van der Waals surface area contributed by atoms with Gasteiger partial charge >= 0.3 is 0 Å². The zero-order valence-corrected chi connectivity index (χ0v) is 6.99. The first-order chi connectivity index (χ1) is 4.20. The highest BCUT2D eigenvalue weighted by Crippen LogP contribution is 2.19. The fraction of sp³-hybridized carbons (Fsp3) is 1.00. The highest BCUT2D eigenvalue weighted by atomic mass is 79.9. The van der Waals surface area contributed by atoms with Gasteiger partial charge in [-0.05, 0) is 19.8 Å². The highest BCUT2D eigenvalue weighted by molar-refractivity contribution is 9.09. The zero-order chi connectivity index (χ0) is 6.85. The van der Waals surface area contributed by atoms with E-state index in [0.29, 0.717) is 12.5 Å². The van der Waals surface area contributed by atoms with E-state index in [9.17, 15) is 4.39 Å². The van der Waals surface area contributed by atoms with Crippen molar-refractivity contribution in [3.8, 4) is 0 Å². The molecule has 3 heteroatoms. The summed E-state index contributed by atoms with van der Waals surface area (Å²) in [6.45, 7) is 2.07. The molecule has 0 saturated carbocycles. The van der Waals surface area contributed by atoms with Gasteiger partial charge in [0.25, 0.3) is 0 Å². The standard InChI is InChI=1S/C6H11BrFN/c1-4-2-3-5(8)6(7)9-4/h4-6,9H,2-3H2,1H3. The maximum atomic E-state index is 12.6. The molecule has 1 aliphatic rings. The lowest BCUT2D eigenvalue weighted by atomic mass is 10.1. The second-order valence-corrected chi connectivity index (χ2v) is 3.55. The molecule has 1 rings (SSSR count). The summed E-state index contributed by atoms with van der Waals surface area (Å²) in [5.74, 6) is 0.